The average Bonchev–Trinajstić information content (AvgIpc) is 3.81. The van der Waals surface area contributed by atoms with Crippen LogP contribution >= 0.6 is 11.8 Å². The van der Waals surface area contributed by atoms with Crippen molar-refractivity contribution >= 4 is 60.9 Å². The fourth-order valence-corrected chi connectivity index (χ4v) is 9.19. The van der Waals surface area contributed by atoms with Crippen molar-refractivity contribution in [2.45, 2.75) is 16.1 Å². The van der Waals surface area contributed by atoms with Crippen molar-refractivity contribution < 1.29 is 0 Å². The molecule has 0 bridgehead atoms. The van der Waals surface area contributed by atoms with Gasteiger partial charge in [-0.1, -0.05) is 66.8 Å². The summed E-state index contributed by atoms with van der Waals surface area (Å²) in [6.07, 6.45) is 7.10. The highest BCUT2D eigenvalue weighted by Gasteiger charge is 2.33. The lowest BCUT2D eigenvalue weighted by atomic mass is 9.87. The number of allylic oxidation sites excluding steroid dienone is 3. The molecule has 0 fully saturated rings. The maximum atomic E-state index is 9.60. The molecule has 0 N–H and O–H groups in total. The molecule has 4 nitrogen and oxygen atoms in total. The summed E-state index contributed by atoms with van der Waals surface area (Å²) in [7, 11) is 0. The lowest BCUT2D eigenvalue weighted by molar-refractivity contribution is 0.881. The molecule has 228 valence electrons. The van der Waals surface area contributed by atoms with Crippen LogP contribution in [0.4, 0.5) is 0 Å². The Kier molecular flexibility index (Phi) is 6.03. The topological polar surface area (TPSA) is 57.4 Å². The molecule has 0 radical (unpaired) electrons. The fraction of sp³-hybridized carbons (Fsp3) is 0.0455. The van der Waals surface area contributed by atoms with Crippen molar-refractivity contribution in [2.75, 3.05) is 0 Å². The number of nitrogens with zero attached hydrogens (tertiary/aromatic N) is 4. The van der Waals surface area contributed by atoms with Crippen LogP contribution in [-0.4, -0.2) is 14.4 Å². The number of nitriles is 2. The third-order valence-electron chi connectivity index (χ3n) is 10.1. The summed E-state index contributed by atoms with van der Waals surface area (Å²) in [5.74, 6) is 0.250. The molecule has 6 aromatic carbocycles. The summed E-state index contributed by atoms with van der Waals surface area (Å²) in [5.41, 5.74) is 11.8. The second-order valence-corrected chi connectivity index (χ2v) is 14.0. The van der Waals surface area contributed by atoms with Crippen LogP contribution in [0.2, 0.25) is 0 Å². The third kappa shape index (κ3) is 4.17. The summed E-state index contributed by atoms with van der Waals surface area (Å²) in [4.78, 5) is 1.32. The van der Waals surface area contributed by atoms with E-state index in [1.165, 1.54) is 21.6 Å². The highest BCUT2D eigenvalue weighted by molar-refractivity contribution is 8.00. The van der Waals surface area contributed by atoms with E-state index < -0.39 is 0 Å². The summed E-state index contributed by atoms with van der Waals surface area (Å²) < 4.78 is 4.64. The van der Waals surface area contributed by atoms with Crippen molar-refractivity contribution in [3.63, 3.8) is 0 Å². The van der Waals surface area contributed by atoms with Gasteiger partial charge in [0, 0.05) is 49.0 Å². The molecular weight excluding hydrogens is 617 g/mol. The standard InChI is InChI=1S/C44H26N4S/c45-25-27-12-16-41-35(20-27)33-8-1-3-10-39(33)47(41)31-7-5-6-29(22-31)30-14-18-43-37(23-30)38-24-32(15-19-44(38)49-43)48-40-11-4-2-9-34(40)36-21-28(26-46)13-17-42(36)48/h1-24,37,43H. The molecule has 10 rings (SSSR count). The van der Waals surface area contributed by atoms with Crippen LogP contribution in [0, 0.1) is 22.7 Å². The molecule has 1 aliphatic heterocycles. The molecule has 8 aromatic rings. The van der Waals surface area contributed by atoms with Gasteiger partial charge >= 0.3 is 0 Å². The molecule has 0 amide bonds. The maximum absolute atomic E-state index is 9.60. The Morgan fingerprint density at radius 2 is 1.16 bits per heavy atom. The number of hydrogen-bond acceptors (Lipinski definition) is 3. The van der Waals surface area contributed by atoms with Crippen molar-refractivity contribution in [2.24, 2.45) is 0 Å². The summed E-state index contributed by atoms with van der Waals surface area (Å²) in [6, 6.07) is 49.1. The zero-order valence-corrected chi connectivity index (χ0v) is 27.0. The van der Waals surface area contributed by atoms with E-state index >= 15 is 0 Å². The van der Waals surface area contributed by atoms with Gasteiger partial charge in [0.2, 0.25) is 0 Å². The van der Waals surface area contributed by atoms with Crippen molar-refractivity contribution in [1.82, 2.24) is 9.13 Å². The lowest BCUT2D eigenvalue weighted by Crippen LogP contribution is -2.09. The number of thioether (sulfide) groups is 1. The van der Waals surface area contributed by atoms with E-state index in [-0.39, 0.29) is 5.92 Å². The first-order chi connectivity index (χ1) is 24.2. The molecule has 0 saturated heterocycles. The van der Waals surface area contributed by atoms with Gasteiger partial charge in [0.15, 0.2) is 0 Å². The smallest absolute Gasteiger partial charge is 0.0991 e. The number of benzene rings is 6. The van der Waals surface area contributed by atoms with Crippen molar-refractivity contribution in [3.05, 3.63) is 168 Å². The summed E-state index contributed by atoms with van der Waals surface area (Å²) in [6.45, 7) is 0. The highest BCUT2D eigenvalue weighted by atomic mass is 32.2. The van der Waals surface area contributed by atoms with Gasteiger partial charge in [0.1, 0.15) is 0 Å². The van der Waals surface area contributed by atoms with Crippen LogP contribution in [0.1, 0.15) is 28.2 Å². The predicted molar refractivity (Wildman–Crippen MR) is 200 cm³/mol. The quantitative estimate of drug-likeness (QED) is 0.193. The minimum absolute atomic E-state index is 0.250. The minimum atomic E-state index is 0.250. The molecule has 0 spiro atoms. The van der Waals surface area contributed by atoms with Crippen molar-refractivity contribution in [3.8, 4) is 23.5 Å². The van der Waals surface area contributed by atoms with Crippen LogP contribution in [0.15, 0.2) is 151 Å². The zero-order chi connectivity index (χ0) is 32.6. The SMILES string of the molecule is N#Cc1ccc2c(c1)c1ccccc1n2-c1cccc(C2=CC3c4cc(-n5c6ccccc6c6cc(C#N)ccc65)ccc4SC3C=C2)c1. The number of fused-ring (bicyclic) bond motifs is 9. The molecule has 2 aliphatic rings. The molecule has 2 unspecified atom stereocenters. The first-order valence-electron chi connectivity index (χ1n) is 16.4. The number of hydrogen-bond donors (Lipinski definition) is 0. The molecule has 2 aromatic heterocycles. The second kappa shape index (κ2) is 10.6. The molecule has 0 saturated carbocycles. The van der Waals surface area contributed by atoms with Gasteiger partial charge < -0.3 is 9.13 Å². The molecule has 2 atom stereocenters. The van der Waals surface area contributed by atoms with Gasteiger partial charge in [0.25, 0.3) is 0 Å². The highest BCUT2D eigenvalue weighted by Crippen LogP contribution is 2.50. The van der Waals surface area contributed by atoms with Gasteiger partial charge in [-0.25, -0.2) is 0 Å². The Hall–Kier alpha value is -6.27. The minimum Gasteiger partial charge on any atom is -0.309 e. The molecular formula is C44H26N4S. The van der Waals surface area contributed by atoms with E-state index in [1.807, 2.05) is 36.0 Å². The van der Waals surface area contributed by atoms with Crippen molar-refractivity contribution in [1.29, 1.82) is 10.5 Å². The normalized spacial score (nSPS) is 16.5. The van der Waals surface area contributed by atoms with Crippen LogP contribution in [0.3, 0.4) is 0 Å². The maximum Gasteiger partial charge on any atom is 0.0991 e. The number of rotatable bonds is 3. The van der Waals surface area contributed by atoms with Gasteiger partial charge in [-0.05, 0) is 95.6 Å². The van der Waals surface area contributed by atoms with E-state index in [0.717, 1.165) is 55.0 Å². The Labute approximate surface area is 287 Å². The monoisotopic (exact) mass is 642 g/mol. The van der Waals surface area contributed by atoms with E-state index in [0.29, 0.717) is 16.4 Å². The molecule has 5 heteroatoms. The Morgan fingerprint density at radius 1 is 0.551 bits per heavy atom. The predicted octanol–water partition coefficient (Wildman–Crippen LogP) is 10.8. The van der Waals surface area contributed by atoms with Gasteiger partial charge in [-0.2, -0.15) is 10.5 Å². The van der Waals surface area contributed by atoms with E-state index in [2.05, 4.69) is 143 Å². The molecule has 1 aliphatic carbocycles. The Bertz CT molecular complexity index is 2850. The first-order valence-corrected chi connectivity index (χ1v) is 17.2. The summed E-state index contributed by atoms with van der Waals surface area (Å²) in [5, 5.41) is 24.0. The van der Waals surface area contributed by atoms with Crippen LogP contribution in [0.5, 0.6) is 0 Å². The third-order valence-corrected chi connectivity index (χ3v) is 11.4. The lowest BCUT2D eigenvalue weighted by Gasteiger charge is -2.20. The Balaban J connectivity index is 1.08. The summed E-state index contributed by atoms with van der Waals surface area (Å²) >= 11 is 1.94. The van der Waals surface area contributed by atoms with E-state index in [1.54, 1.807) is 0 Å². The number of aromatic nitrogens is 2. The number of para-hydroxylation sites is 2. The van der Waals surface area contributed by atoms with Crippen LogP contribution < -0.4 is 0 Å². The average molecular weight is 643 g/mol. The van der Waals surface area contributed by atoms with Crippen LogP contribution in [-0.2, 0) is 0 Å². The largest absolute Gasteiger partial charge is 0.309 e. The fourth-order valence-electron chi connectivity index (χ4n) is 7.89. The van der Waals surface area contributed by atoms with E-state index in [9.17, 15) is 10.5 Å². The van der Waals surface area contributed by atoms with E-state index in [4.69, 9.17) is 0 Å². The molecule has 3 heterocycles. The molecule has 49 heavy (non-hydrogen) atoms. The van der Waals surface area contributed by atoms with Gasteiger partial charge in [-0.3, -0.25) is 0 Å². The van der Waals surface area contributed by atoms with Crippen LogP contribution in [0.25, 0.3) is 60.6 Å². The van der Waals surface area contributed by atoms with Gasteiger partial charge in [0.05, 0.1) is 45.3 Å². The second-order valence-electron chi connectivity index (χ2n) is 12.8. The first kappa shape index (κ1) is 27.8. The van der Waals surface area contributed by atoms with Gasteiger partial charge in [-0.15, -0.1) is 11.8 Å². The Morgan fingerprint density at radius 3 is 1.82 bits per heavy atom. The zero-order valence-electron chi connectivity index (χ0n) is 26.2.